The molecule has 0 heterocycles. The van der Waals surface area contributed by atoms with Crippen molar-refractivity contribution in [2.24, 2.45) is 0 Å². The van der Waals surface area contributed by atoms with Crippen LogP contribution in [0.4, 0.5) is 8.78 Å². The summed E-state index contributed by atoms with van der Waals surface area (Å²) in [4.78, 5) is 17.0. The van der Waals surface area contributed by atoms with Gasteiger partial charge in [-0.05, 0) is 6.07 Å². The van der Waals surface area contributed by atoms with E-state index in [4.69, 9.17) is 9.79 Å². The quantitative estimate of drug-likeness (QED) is 0.726. The van der Waals surface area contributed by atoms with Gasteiger partial charge in [-0.1, -0.05) is 6.07 Å². The first-order chi connectivity index (χ1) is 5.88. The van der Waals surface area contributed by atoms with Crippen LogP contribution in [-0.4, -0.2) is 9.79 Å². The van der Waals surface area contributed by atoms with Gasteiger partial charge in [-0.3, -0.25) is 4.57 Å². The maximum absolute atomic E-state index is 12.8. The Morgan fingerprint density at radius 2 is 1.92 bits per heavy atom. The lowest BCUT2D eigenvalue weighted by molar-refractivity contribution is 0.370. The van der Waals surface area contributed by atoms with E-state index in [0.29, 0.717) is 6.07 Å². The van der Waals surface area contributed by atoms with Crippen LogP contribution >= 0.6 is 7.60 Å². The topological polar surface area (TPSA) is 57.5 Å². The Kier molecular flexibility index (Phi) is 2.81. The Hall–Kier alpha value is -0.770. The first-order valence-corrected chi connectivity index (χ1v) is 5.17. The molecule has 0 saturated carbocycles. The molecule has 1 aromatic rings. The molecule has 0 amide bonds. The fourth-order valence-electron chi connectivity index (χ4n) is 0.872. The first-order valence-electron chi connectivity index (χ1n) is 3.37. The Labute approximate surface area is 73.2 Å². The van der Waals surface area contributed by atoms with E-state index in [1.165, 1.54) is 0 Å². The lowest BCUT2D eigenvalue weighted by Gasteiger charge is -2.04. The van der Waals surface area contributed by atoms with Crippen molar-refractivity contribution in [3.8, 4) is 0 Å². The number of hydrogen-bond acceptors (Lipinski definition) is 1. The summed E-state index contributed by atoms with van der Waals surface area (Å²) in [7, 11) is -4.29. The summed E-state index contributed by atoms with van der Waals surface area (Å²) in [6, 6.07) is 2.56. The predicted octanol–water partition coefficient (Wildman–Crippen LogP) is 1.64. The summed E-state index contributed by atoms with van der Waals surface area (Å²) in [5.41, 5.74) is -0.185. The molecule has 0 bridgehead atoms. The zero-order chi connectivity index (χ0) is 10.1. The van der Waals surface area contributed by atoms with Crippen LogP contribution in [0, 0.1) is 11.6 Å². The summed E-state index contributed by atoms with van der Waals surface area (Å²) < 4.78 is 35.6. The van der Waals surface area contributed by atoms with Crippen LogP contribution in [0.2, 0.25) is 0 Å². The largest absolute Gasteiger partial charge is 0.330 e. The van der Waals surface area contributed by atoms with Gasteiger partial charge in [0.25, 0.3) is 0 Å². The molecule has 1 rings (SSSR count). The SMILES string of the molecule is O=P(O)(O)Cc1ccc(F)cc1F. The van der Waals surface area contributed by atoms with Gasteiger partial charge in [0.15, 0.2) is 0 Å². The summed E-state index contributed by atoms with van der Waals surface area (Å²) in [6.45, 7) is 0. The number of halogens is 2. The van der Waals surface area contributed by atoms with Crippen LogP contribution in [0.15, 0.2) is 18.2 Å². The van der Waals surface area contributed by atoms with E-state index in [2.05, 4.69) is 0 Å². The molecule has 72 valence electrons. The Balaban J connectivity index is 2.97. The van der Waals surface area contributed by atoms with Crippen molar-refractivity contribution < 1.29 is 23.1 Å². The minimum atomic E-state index is -4.29. The molecule has 0 unspecified atom stereocenters. The molecule has 0 spiro atoms. The molecule has 0 aliphatic rings. The van der Waals surface area contributed by atoms with Crippen molar-refractivity contribution in [1.82, 2.24) is 0 Å². The van der Waals surface area contributed by atoms with E-state index in [0.717, 1.165) is 12.1 Å². The summed E-state index contributed by atoms with van der Waals surface area (Å²) >= 11 is 0. The zero-order valence-corrected chi connectivity index (χ0v) is 7.34. The van der Waals surface area contributed by atoms with Gasteiger partial charge >= 0.3 is 7.60 Å². The van der Waals surface area contributed by atoms with E-state index >= 15 is 0 Å². The van der Waals surface area contributed by atoms with Crippen molar-refractivity contribution in [3.05, 3.63) is 35.4 Å². The van der Waals surface area contributed by atoms with Gasteiger partial charge in [-0.25, -0.2) is 8.78 Å². The van der Waals surface area contributed by atoms with Crippen molar-refractivity contribution in [1.29, 1.82) is 0 Å². The summed E-state index contributed by atoms with van der Waals surface area (Å²) in [6.07, 6.45) is -0.709. The average molecular weight is 208 g/mol. The zero-order valence-electron chi connectivity index (χ0n) is 6.44. The second-order valence-corrected chi connectivity index (χ2v) is 4.20. The molecule has 1 aromatic carbocycles. The third-order valence-corrected chi connectivity index (χ3v) is 2.14. The lowest BCUT2D eigenvalue weighted by atomic mass is 10.2. The normalized spacial score (nSPS) is 11.7. The number of hydrogen-bond donors (Lipinski definition) is 2. The second kappa shape index (κ2) is 3.54. The van der Waals surface area contributed by atoms with Crippen LogP contribution < -0.4 is 0 Å². The predicted molar refractivity (Wildman–Crippen MR) is 42.1 cm³/mol. The molecular formula is C7H7F2O3P. The van der Waals surface area contributed by atoms with Gasteiger partial charge < -0.3 is 9.79 Å². The van der Waals surface area contributed by atoms with Gasteiger partial charge in [0.05, 0.1) is 6.16 Å². The molecule has 0 fully saturated rings. The van der Waals surface area contributed by atoms with E-state index in [1.807, 2.05) is 0 Å². The highest BCUT2D eigenvalue weighted by Gasteiger charge is 2.16. The number of rotatable bonds is 2. The van der Waals surface area contributed by atoms with E-state index < -0.39 is 25.4 Å². The average Bonchev–Trinajstić information content (AvgIpc) is 1.93. The number of benzene rings is 1. The van der Waals surface area contributed by atoms with Crippen LogP contribution in [0.3, 0.4) is 0 Å². The highest BCUT2D eigenvalue weighted by Crippen LogP contribution is 2.39. The van der Waals surface area contributed by atoms with Crippen LogP contribution in [-0.2, 0) is 10.7 Å². The smallest absolute Gasteiger partial charge is 0.324 e. The molecule has 6 heteroatoms. The lowest BCUT2D eigenvalue weighted by Crippen LogP contribution is -1.92. The van der Waals surface area contributed by atoms with Crippen molar-refractivity contribution >= 4 is 7.60 Å². The molecule has 0 aliphatic carbocycles. The van der Waals surface area contributed by atoms with Crippen LogP contribution in [0.1, 0.15) is 5.56 Å². The third kappa shape index (κ3) is 3.22. The molecule has 0 saturated heterocycles. The van der Waals surface area contributed by atoms with Gasteiger partial charge in [-0.2, -0.15) is 0 Å². The molecule has 3 nitrogen and oxygen atoms in total. The minimum Gasteiger partial charge on any atom is -0.324 e. The second-order valence-electron chi connectivity index (χ2n) is 2.56. The van der Waals surface area contributed by atoms with Crippen molar-refractivity contribution in [2.75, 3.05) is 0 Å². The molecule has 0 aromatic heterocycles. The van der Waals surface area contributed by atoms with Gasteiger partial charge in [0.1, 0.15) is 11.6 Å². The van der Waals surface area contributed by atoms with E-state index in [9.17, 15) is 13.3 Å². The van der Waals surface area contributed by atoms with E-state index in [1.54, 1.807) is 0 Å². The van der Waals surface area contributed by atoms with Crippen molar-refractivity contribution in [2.45, 2.75) is 6.16 Å². The Bertz CT molecular complexity index is 361. The van der Waals surface area contributed by atoms with Crippen LogP contribution in [0.5, 0.6) is 0 Å². The minimum absolute atomic E-state index is 0.185. The molecule has 2 N–H and O–H groups in total. The molecule has 0 atom stereocenters. The highest BCUT2D eigenvalue weighted by atomic mass is 31.2. The maximum Gasteiger partial charge on any atom is 0.330 e. The summed E-state index contributed by atoms with van der Waals surface area (Å²) in [5.74, 6) is -1.71. The van der Waals surface area contributed by atoms with E-state index in [-0.39, 0.29) is 5.56 Å². The third-order valence-electron chi connectivity index (χ3n) is 1.39. The maximum atomic E-state index is 12.8. The molecule has 0 aliphatic heterocycles. The fraction of sp³-hybridized carbons (Fsp3) is 0.143. The fourth-order valence-corrected chi connectivity index (χ4v) is 1.57. The van der Waals surface area contributed by atoms with Gasteiger partial charge in [0, 0.05) is 11.6 Å². The molecule has 0 radical (unpaired) electrons. The Morgan fingerprint density at radius 1 is 1.31 bits per heavy atom. The van der Waals surface area contributed by atoms with Crippen LogP contribution in [0.25, 0.3) is 0 Å². The van der Waals surface area contributed by atoms with Gasteiger partial charge in [-0.15, -0.1) is 0 Å². The molecular weight excluding hydrogens is 201 g/mol. The highest BCUT2D eigenvalue weighted by molar-refractivity contribution is 7.50. The monoisotopic (exact) mass is 208 g/mol. The Morgan fingerprint density at radius 3 is 2.38 bits per heavy atom. The summed E-state index contributed by atoms with van der Waals surface area (Å²) in [5, 5.41) is 0. The van der Waals surface area contributed by atoms with Crippen molar-refractivity contribution in [3.63, 3.8) is 0 Å². The molecule has 13 heavy (non-hydrogen) atoms. The van der Waals surface area contributed by atoms with Gasteiger partial charge in [0.2, 0.25) is 0 Å². The first kappa shape index (κ1) is 10.3. The standard InChI is InChI=1S/C7H7F2O3P/c8-6-2-1-5(7(9)3-6)4-13(10,11)12/h1-3H,4H2,(H2,10,11,12).